The van der Waals surface area contributed by atoms with Gasteiger partial charge >= 0.3 is 0 Å². The molecule has 2 aromatic rings. The molecule has 7 nitrogen and oxygen atoms in total. The molecule has 26 heavy (non-hydrogen) atoms. The molecule has 0 spiro atoms. The van der Waals surface area contributed by atoms with E-state index >= 15 is 0 Å². The normalized spacial score (nSPS) is 16.6. The Balaban J connectivity index is 1.71. The van der Waals surface area contributed by atoms with Crippen molar-refractivity contribution in [3.05, 3.63) is 63.2 Å². The van der Waals surface area contributed by atoms with E-state index in [0.717, 1.165) is 5.56 Å². The molecule has 0 saturated carbocycles. The number of halogens is 1. The Bertz CT molecular complexity index is 900. The molecule has 0 aromatic heterocycles. The van der Waals surface area contributed by atoms with Crippen molar-refractivity contribution in [2.24, 2.45) is 5.92 Å². The third kappa shape index (κ3) is 3.67. The molecule has 0 unspecified atom stereocenters. The molecule has 1 saturated heterocycles. The van der Waals surface area contributed by atoms with Crippen molar-refractivity contribution in [3.8, 4) is 0 Å². The minimum atomic E-state index is -0.540. The first kappa shape index (κ1) is 17.9. The Labute approximate surface area is 154 Å². The second-order valence-electron chi connectivity index (χ2n) is 6.14. The van der Waals surface area contributed by atoms with Gasteiger partial charge in [-0.1, -0.05) is 23.7 Å². The summed E-state index contributed by atoms with van der Waals surface area (Å²) in [5.41, 5.74) is 1.77. The molecule has 134 valence electrons. The fourth-order valence-corrected chi connectivity index (χ4v) is 3.00. The minimum absolute atomic E-state index is 0.0757. The van der Waals surface area contributed by atoms with E-state index in [4.69, 9.17) is 11.6 Å². The summed E-state index contributed by atoms with van der Waals surface area (Å²) in [6, 6.07) is 11.0. The van der Waals surface area contributed by atoms with Crippen LogP contribution in [0.2, 0.25) is 5.02 Å². The lowest BCUT2D eigenvalue weighted by Crippen LogP contribution is -2.28. The Morgan fingerprint density at radius 2 is 2.08 bits per heavy atom. The summed E-state index contributed by atoms with van der Waals surface area (Å²) in [5.74, 6) is -1.05. The highest BCUT2D eigenvalue weighted by molar-refractivity contribution is 6.31. The Morgan fingerprint density at radius 1 is 1.31 bits per heavy atom. The molecule has 1 N–H and O–H groups in total. The Hall–Kier alpha value is -2.93. The average Bonchev–Trinajstić information content (AvgIpc) is 2.99. The lowest BCUT2D eigenvalue weighted by atomic mass is 10.1. The van der Waals surface area contributed by atoms with Crippen LogP contribution in [0.25, 0.3) is 0 Å². The number of hydrogen-bond acceptors (Lipinski definition) is 4. The summed E-state index contributed by atoms with van der Waals surface area (Å²) >= 11 is 6.11. The fraction of sp³-hybridized carbons (Fsp3) is 0.222. The minimum Gasteiger partial charge on any atom is -0.326 e. The van der Waals surface area contributed by atoms with Crippen molar-refractivity contribution in [1.29, 1.82) is 0 Å². The van der Waals surface area contributed by atoms with Gasteiger partial charge in [-0.05, 0) is 30.7 Å². The quantitative estimate of drug-likeness (QED) is 0.655. The van der Waals surface area contributed by atoms with Crippen molar-refractivity contribution in [2.45, 2.75) is 13.3 Å². The van der Waals surface area contributed by atoms with E-state index in [2.05, 4.69) is 5.32 Å². The number of hydrogen-bond donors (Lipinski definition) is 1. The van der Waals surface area contributed by atoms with Crippen LogP contribution >= 0.6 is 11.6 Å². The molecule has 2 amide bonds. The summed E-state index contributed by atoms with van der Waals surface area (Å²) in [6.07, 6.45) is 0.0757. The molecule has 3 rings (SSSR count). The van der Waals surface area contributed by atoms with Gasteiger partial charge in [0.05, 0.1) is 10.8 Å². The van der Waals surface area contributed by atoms with Gasteiger partial charge in [-0.15, -0.1) is 0 Å². The highest BCUT2D eigenvalue weighted by atomic mass is 35.5. The summed E-state index contributed by atoms with van der Waals surface area (Å²) in [4.78, 5) is 36.6. The van der Waals surface area contributed by atoms with E-state index in [-0.39, 0.29) is 30.5 Å². The van der Waals surface area contributed by atoms with Gasteiger partial charge in [0.15, 0.2) is 0 Å². The van der Waals surface area contributed by atoms with Gasteiger partial charge in [0.1, 0.15) is 0 Å². The predicted molar refractivity (Wildman–Crippen MR) is 98.4 cm³/mol. The topological polar surface area (TPSA) is 92.6 Å². The highest BCUT2D eigenvalue weighted by Gasteiger charge is 2.35. The van der Waals surface area contributed by atoms with E-state index in [0.29, 0.717) is 16.4 Å². The van der Waals surface area contributed by atoms with E-state index in [1.165, 1.54) is 23.1 Å². The smallest absolute Gasteiger partial charge is 0.271 e. The molecule has 1 fully saturated rings. The van der Waals surface area contributed by atoms with Crippen LogP contribution < -0.4 is 10.2 Å². The van der Waals surface area contributed by atoms with Gasteiger partial charge in [-0.3, -0.25) is 19.7 Å². The molecule has 1 atom stereocenters. The van der Waals surface area contributed by atoms with Crippen LogP contribution in [0.15, 0.2) is 42.5 Å². The number of nitro benzene ring substituents is 1. The first-order valence-electron chi connectivity index (χ1n) is 7.97. The number of benzene rings is 2. The molecule has 1 aliphatic rings. The van der Waals surface area contributed by atoms with Crippen LogP contribution in [-0.4, -0.2) is 23.3 Å². The number of rotatable bonds is 4. The van der Waals surface area contributed by atoms with Crippen LogP contribution in [0.1, 0.15) is 12.0 Å². The lowest BCUT2D eigenvalue weighted by molar-refractivity contribution is -0.384. The predicted octanol–water partition coefficient (Wildman–Crippen LogP) is 3.55. The largest absolute Gasteiger partial charge is 0.326 e. The molecule has 1 aliphatic heterocycles. The number of carbonyl (C=O) groups excluding carboxylic acids is 2. The number of nitrogens with zero attached hydrogens (tertiary/aromatic N) is 2. The summed E-state index contributed by atoms with van der Waals surface area (Å²) < 4.78 is 0. The molecular weight excluding hydrogens is 358 g/mol. The fourth-order valence-electron chi connectivity index (χ4n) is 2.82. The highest BCUT2D eigenvalue weighted by Crippen LogP contribution is 2.29. The van der Waals surface area contributed by atoms with Crippen LogP contribution in [0.4, 0.5) is 17.1 Å². The molecule has 0 bridgehead atoms. The number of carbonyl (C=O) groups is 2. The standard InChI is InChI=1S/C18H16ClN3O4/c1-11-5-6-14(9-16(11)19)21-10-12(7-17(21)23)18(24)20-13-3-2-4-15(8-13)22(25)26/h2-6,8-9,12H,7,10H2,1H3,(H,20,24)/t12-/m0/s1. The van der Waals surface area contributed by atoms with E-state index in [1.807, 2.05) is 13.0 Å². The number of amides is 2. The van der Waals surface area contributed by atoms with E-state index in [1.54, 1.807) is 18.2 Å². The van der Waals surface area contributed by atoms with Crippen LogP contribution in [0.5, 0.6) is 0 Å². The van der Waals surface area contributed by atoms with Gasteiger partial charge in [0, 0.05) is 41.5 Å². The number of non-ortho nitro benzene ring substituents is 1. The third-order valence-electron chi connectivity index (χ3n) is 4.29. The number of nitro groups is 1. The molecule has 8 heteroatoms. The van der Waals surface area contributed by atoms with E-state index < -0.39 is 10.8 Å². The molecule has 1 heterocycles. The summed E-state index contributed by atoms with van der Waals surface area (Å²) in [7, 11) is 0. The number of nitrogens with one attached hydrogen (secondary N) is 1. The average molecular weight is 374 g/mol. The first-order chi connectivity index (χ1) is 12.3. The van der Waals surface area contributed by atoms with Crippen molar-refractivity contribution in [3.63, 3.8) is 0 Å². The maximum atomic E-state index is 12.5. The monoisotopic (exact) mass is 373 g/mol. The molecule has 0 aliphatic carbocycles. The van der Waals surface area contributed by atoms with Gasteiger partial charge in [0.25, 0.3) is 5.69 Å². The van der Waals surface area contributed by atoms with Crippen molar-refractivity contribution in [2.75, 3.05) is 16.8 Å². The zero-order chi connectivity index (χ0) is 18.8. The van der Waals surface area contributed by atoms with Gasteiger partial charge in [-0.2, -0.15) is 0 Å². The van der Waals surface area contributed by atoms with Crippen LogP contribution in [0.3, 0.4) is 0 Å². The van der Waals surface area contributed by atoms with Crippen molar-refractivity contribution in [1.82, 2.24) is 0 Å². The van der Waals surface area contributed by atoms with Crippen molar-refractivity contribution >= 4 is 40.5 Å². The summed E-state index contributed by atoms with van der Waals surface area (Å²) in [6.45, 7) is 2.10. The molecule has 2 aromatic carbocycles. The second kappa shape index (κ2) is 7.13. The molecule has 0 radical (unpaired) electrons. The summed E-state index contributed by atoms with van der Waals surface area (Å²) in [5, 5.41) is 14.0. The SMILES string of the molecule is Cc1ccc(N2C[C@@H](C(=O)Nc3cccc([N+](=O)[O-])c3)CC2=O)cc1Cl. The van der Waals surface area contributed by atoms with Crippen LogP contribution in [0, 0.1) is 23.0 Å². The number of anilines is 2. The first-order valence-corrected chi connectivity index (χ1v) is 8.35. The Kier molecular flexibility index (Phi) is 4.90. The van der Waals surface area contributed by atoms with Crippen LogP contribution in [-0.2, 0) is 9.59 Å². The molecular formula is C18H16ClN3O4. The maximum Gasteiger partial charge on any atom is 0.271 e. The zero-order valence-electron chi connectivity index (χ0n) is 13.9. The zero-order valence-corrected chi connectivity index (χ0v) is 14.7. The lowest BCUT2D eigenvalue weighted by Gasteiger charge is -2.17. The Morgan fingerprint density at radius 3 is 2.77 bits per heavy atom. The maximum absolute atomic E-state index is 12.5. The van der Waals surface area contributed by atoms with Crippen molar-refractivity contribution < 1.29 is 14.5 Å². The second-order valence-corrected chi connectivity index (χ2v) is 6.54. The van der Waals surface area contributed by atoms with Gasteiger partial charge < -0.3 is 10.2 Å². The van der Waals surface area contributed by atoms with Gasteiger partial charge in [-0.25, -0.2) is 0 Å². The van der Waals surface area contributed by atoms with Gasteiger partial charge in [0.2, 0.25) is 11.8 Å². The van der Waals surface area contributed by atoms with E-state index in [9.17, 15) is 19.7 Å². The number of aryl methyl sites for hydroxylation is 1. The third-order valence-corrected chi connectivity index (χ3v) is 4.69.